The fourth-order valence-electron chi connectivity index (χ4n) is 2.61. The summed E-state index contributed by atoms with van der Waals surface area (Å²) < 4.78 is 8.19. The summed E-state index contributed by atoms with van der Waals surface area (Å²) in [4.78, 5) is 0. The minimum Gasteiger partial charge on any atom is -0.487 e. The van der Waals surface area contributed by atoms with Gasteiger partial charge >= 0.3 is 0 Å². The fourth-order valence-corrected chi connectivity index (χ4v) is 2.61. The molecule has 1 aromatic heterocycles. The zero-order valence-electron chi connectivity index (χ0n) is 12.0. The summed E-state index contributed by atoms with van der Waals surface area (Å²) in [6.45, 7) is 5.86. The van der Waals surface area contributed by atoms with E-state index in [2.05, 4.69) is 42.7 Å². The summed E-state index contributed by atoms with van der Waals surface area (Å²) in [7, 11) is 0. The van der Waals surface area contributed by atoms with Crippen LogP contribution in [0.2, 0.25) is 0 Å². The standard InChI is InChI=1S/C18H19NO/c1-3-19-16(13-20-17-7-5-4-6-8-17)12-15-11-14(2)9-10-18(15)19/h4-12H,3,13H2,1-2H3. The third-order valence-electron chi connectivity index (χ3n) is 3.59. The van der Waals surface area contributed by atoms with E-state index in [1.807, 2.05) is 30.3 Å². The highest BCUT2D eigenvalue weighted by Crippen LogP contribution is 2.22. The molecule has 0 unspecified atom stereocenters. The molecule has 0 aliphatic rings. The number of ether oxygens (including phenoxy) is 1. The molecule has 0 amide bonds. The molecule has 0 aliphatic heterocycles. The van der Waals surface area contributed by atoms with E-state index in [1.165, 1.54) is 22.2 Å². The zero-order valence-corrected chi connectivity index (χ0v) is 12.0. The second-order valence-corrected chi connectivity index (χ2v) is 5.04. The van der Waals surface area contributed by atoms with Gasteiger partial charge in [0, 0.05) is 17.4 Å². The molecule has 0 saturated carbocycles. The van der Waals surface area contributed by atoms with Crippen LogP contribution in [0.3, 0.4) is 0 Å². The van der Waals surface area contributed by atoms with Gasteiger partial charge in [0.25, 0.3) is 0 Å². The van der Waals surface area contributed by atoms with Crippen molar-refractivity contribution < 1.29 is 4.74 Å². The number of hydrogen-bond donors (Lipinski definition) is 0. The Morgan fingerprint density at radius 3 is 2.55 bits per heavy atom. The van der Waals surface area contributed by atoms with Gasteiger partial charge in [0.15, 0.2) is 0 Å². The molecule has 2 aromatic carbocycles. The molecule has 2 heteroatoms. The maximum absolute atomic E-state index is 5.87. The van der Waals surface area contributed by atoms with Crippen LogP contribution in [0.25, 0.3) is 10.9 Å². The second-order valence-electron chi connectivity index (χ2n) is 5.04. The Balaban J connectivity index is 1.91. The van der Waals surface area contributed by atoms with Gasteiger partial charge in [0.1, 0.15) is 12.4 Å². The van der Waals surface area contributed by atoms with Crippen molar-refractivity contribution in [3.05, 3.63) is 65.9 Å². The highest BCUT2D eigenvalue weighted by atomic mass is 16.5. The third-order valence-corrected chi connectivity index (χ3v) is 3.59. The zero-order chi connectivity index (χ0) is 13.9. The van der Waals surface area contributed by atoms with Gasteiger partial charge in [0.2, 0.25) is 0 Å². The number of aryl methyl sites for hydroxylation is 2. The summed E-state index contributed by atoms with van der Waals surface area (Å²) in [6, 6.07) is 18.8. The van der Waals surface area contributed by atoms with Crippen LogP contribution in [0.15, 0.2) is 54.6 Å². The van der Waals surface area contributed by atoms with Crippen LogP contribution in [0.5, 0.6) is 5.75 Å². The SMILES string of the molecule is CCn1c(COc2ccccc2)cc2cc(C)ccc21. The van der Waals surface area contributed by atoms with Gasteiger partial charge in [-0.2, -0.15) is 0 Å². The molecule has 0 spiro atoms. The summed E-state index contributed by atoms with van der Waals surface area (Å²) in [5.74, 6) is 0.914. The van der Waals surface area contributed by atoms with E-state index in [-0.39, 0.29) is 0 Å². The Bertz CT molecular complexity index is 713. The van der Waals surface area contributed by atoms with Gasteiger partial charge in [-0.1, -0.05) is 29.8 Å². The quantitative estimate of drug-likeness (QED) is 0.675. The first kappa shape index (κ1) is 12.8. The largest absolute Gasteiger partial charge is 0.487 e. The second kappa shape index (κ2) is 5.41. The molecule has 2 nitrogen and oxygen atoms in total. The fraction of sp³-hybridized carbons (Fsp3) is 0.222. The molecule has 0 fully saturated rings. The molecule has 0 atom stereocenters. The molecule has 0 saturated heterocycles. The van der Waals surface area contributed by atoms with Crippen LogP contribution in [-0.2, 0) is 13.2 Å². The first-order valence-corrected chi connectivity index (χ1v) is 7.04. The normalized spacial score (nSPS) is 10.9. The molecule has 102 valence electrons. The highest BCUT2D eigenvalue weighted by Gasteiger charge is 2.08. The Morgan fingerprint density at radius 2 is 1.80 bits per heavy atom. The molecule has 3 aromatic rings. The summed E-state index contributed by atoms with van der Waals surface area (Å²) in [5.41, 5.74) is 3.79. The van der Waals surface area contributed by atoms with Crippen LogP contribution in [0, 0.1) is 6.92 Å². The predicted octanol–water partition coefficient (Wildman–Crippen LogP) is 4.55. The van der Waals surface area contributed by atoms with E-state index >= 15 is 0 Å². The first-order chi connectivity index (χ1) is 9.78. The lowest BCUT2D eigenvalue weighted by molar-refractivity contribution is 0.296. The van der Waals surface area contributed by atoms with Crippen LogP contribution >= 0.6 is 0 Å². The molecule has 0 bridgehead atoms. The van der Waals surface area contributed by atoms with Crippen molar-refractivity contribution >= 4 is 10.9 Å². The van der Waals surface area contributed by atoms with Gasteiger partial charge in [-0.15, -0.1) is 0 Å². The van der Waals surface area contributed by atoms with Gasteiger partial charge in [-0.05, 0) is 44.2 Å². The molecule has 0 N–H and O–H groups in total. The van der Waals surface area contributed by atoms with Crippen molar-refractivity contribution in [2.75, 3.05) is 0 Å². The smallest absolute Gasteiger partial charge is 0.128 e. The number of rotatable bonds is 4. The number of fused-ring (bicyclic) bond motifs is 1. The van der Waals surface area contributed by atoms with Crippen molar-refractivity contribution in [3.63, 3.8) is 0 Å². The van der Waals surface area contributed by atoms with Crippen molar-refractivity contribution in [3.8, 4) is 5.75 Å². The van der Waals surface area contributed by atoms with Gasteiger partial charge in [-0.3, -0.25) is 0 Å². The number of hydrogen-bond acceptors (Lipinski definition) is 1. The van der Waals surface area contributed by atoms with Crippen LogP contribution in [-0.4, -0.2) is 4.57 Å². The van der Waals surface area contributed by atoms with Crippen molar-refractivity contribution in [2.24, 2.45) is 0 Å². The van der Waals surface area contributed by atoms with Crippen LogP contribution in [0.4, 0.5) is 0 Å². The van der Waals surface area contributed by atoms with Gasteiger partial charge in [-0.25, -0.2) is 0 Å². The molecule has 0 radical (unpaired) electrons. The van der Waals surface area contributed by atoms with E-state index in [1.54, 1.807) is 0 Å². The summed E-state index contributed by atoms with van der Waals surface area (Å²) in [5, 5.41) is 1.29. The minimum absolute atomic E-state index is 0.603. The number of para-hydroxylation sites is 1. The molecule has 1 heterocycles. The molecule has 0 aliphatic carbocycles. The van der Waals surface area contributed by atoms with E-state index in [4.69, 9.17) is 4.74 Å². The van der Waals surface area contributed by atoms with Crippen molar-refractivity contribution in [1.82, 2.24) is 4.57 Å². The van der Waals surface area contributed by atoms with Gasteiger partial charge in [0.05, 0.1) is 5.69 Å². The lowest BCUT2D eigenvalue weighted by Gasteiger charge is -2.09. The average Bonchev–Trinajstić information content (AvgIpc) is 2.82. The Labute approximate surface area is 119 Å². The average molecular weight is 265 g/mol. The van der Waals surface area contributed by atoms with Crippen molar-refractivity contribution in [1.29, 1.82) is 0 Å². The van der Waals surface area contributed by atoms with E-state index < -0.39 is 0 Å². The third kappa shape index (κ3) is 2.42. The maximum atomic E-state index is 5.87. The molecule has 20 heavy (non-hydrogen) atoms. The molecular weight excluding hydrogens is 246 g/mol. The molecule has 3 rings (SSSR count). The number of benzene rings is 2. The lowest BCUT2D eigenvalue weighted by Crippen LogP contribution is -2.04. The Kier molecular flexibility index (Phi) is 3.46. The number of aromatic nitrogens is 1. The van der Waals surface area contributed by atoms with Crippen LogP contribution < -0.4 is 4.74 Å². The lowest BCUT2D eigenvalue weighted by atomic mass is 10.2. The Morgan fingerprint density at radius 1 is 1.00 bits per heavy atom. The van der Waals surface area contributed by atoms with E-state index in [0.29, 0.717) is 6.61 Å². The van der Waals surface area contributed by atoms with Crippen LogP contribution in [0.1, 0.15) is 18.2 Å². The van der Waals surface area contributed by atoms with Gasteiger partial charge < -0.3 is 9.30 Å². The highest BCUT2D eigenvalue weighted by molar-refractivity contribution is 5.82. The van der Waals surface area contributed by atoms with Crippen molar-refractivity contribution in [2.45, 2.75) is 27.0 Å². The monoisotopic (exact) mass is 265 g/mol. The maximum Gasteiger partial charge on any atom is 0.128 e. The minimum atomic E-state index is 0.603. The summed E-state index contributed by atoms with van der Waals surface area (Å²) >= 11 is 0. The predicted molar refractivity (Wildman–Crippen MR) is 83.1 cm³/mol. The molecular formula is C18H19NO. The first-order valence-electron chi connectivity index (χ1n) is 7.04. The van der Waals surface area contributed by atoms with E-state index in [0.717, 1.165) is 12.3 Å². The van der Waals surface area contributed by atoms with E-state index in [9.17, 15) is 0 Å². The Hall–Kier alpha value is -2.22. The summed E-state index contributed by atoms with van der Waals surface area (Å²) in [6.07, 6.45) is 0. The topological polar surface area (TPSA) is 14.2 Å². The number of nitrogens with zero attached hydrogens (tertiary/aromatic N) is 1.